The molecule has 2 atom stereocenters. The predicted octanol–water partition coefficient (Wildman–Crippen LogP) is 14.7. The van der Waals surface area contributed by atoms with Gasteiger partial charge in [-0.3, -0.25) is 9.59 Å². The Morgan fingerprint density at radius 3 is 1.25 bits per heavy atom. The number of carbonyl (C=O) groups is 2. The van der Waals surface area contributed by atoms with Crippen molar-refractivity contribution in [1.82, 2.24) is 5.32 Å². The van der Waals surface area contributed by atoms with E-state index in [1.807, 2.05) is 6.08 Å². The van der Waals surface area contributed by atoms with Crippen LogP contribution in [0, 0.1) is 0 Å². The number of aliphatic hydroxyl groups is 2. The minimum atomic E-state index is -0.860. The highest BCUT2D eigenvalue weighted by Gasteiger charge is 2.18. The van der Waals surface area contributed by atoms with Gasteiger partial charge in [-0.05, 0) is 57.8 Å². The Hall–Kier alpha value is -1.66. The molecule has 0 saturated carbocycles. The maximum absolute atomic E-state index is 12.4. The van der Waals surface area contributed by atoms with Gasteiger partial charge in [-0.2, -0.15) is 0 Å². The molecule has 0 fully saturated rings. The van der Waals surface area contributed by atoms with Crippen LogP contribution >= 0.6 is 0 Å². The average molecular weight is 804 g/mol. The third kappa shape index (κ3) is 43.7. The normalized spacial score (nSPS) is 12.8. The van der Waals surface area contributed by atoms with Gasteiger partial charge in [-0.1, -0.05) is 218 Å². The first-order valence-electron chi connectivity index (χ1n) is 25.1. The largest absolute Gasteiger partial charge is 0.466 e. The molecular weight excluding hydrogens is 707 g/mol. The Labute approximate surface area is 354 Å². The Kier molecular flexibility index (Phi) is 45.7. The number of rotatable bonds is 46. The van der Waals surface area contributed by atoms with E-state index >= 15 is 0 Å². The number of allylic oxidation sites excluding steroid dienone is 3. The summed E-state index contributed by atoms with van der Waals surface area (Å²) in [6.07, 6.45) is 54.7. The molecule has 0 heterocycles. The number of esters is 1. The van der Waals surface area contributed by atoms with Gasteiger partial charge in [0.2, 0.25) is 5.91 Å². The van der Waals surface area contributed by atoms with Gasteiger partial charge in [0.25, 0.3) is 0 Å². The van der Waals surface area contributed by atoms with Gasteiger partial charge in [0.1, 0.15) is 0 Å². The van der Waals surface area contributed by atoms with Crippen LogP contribution in [0.3, 0.4) is 0 Å². The van der Waals surface area contributed by atoms with Crippen LogP contribution in [0.25, 0.3) is 0 Å². The van der Waals surface area contributed by atoms with Gasteiger partial charge in [-0.15, -0.1) is 0 Å². The van der Waals surface area contributed by atoms with Crippen LogP contribution in [0.15, 0.2) is 24.3 Å². The molecule has 1 amide bonds. The Morgan fingerprint density at radius 2 is 0.825 bits per heavy atom. The minimum Gasteiger partial charge on any atom is -0.466 e. The fourth-order valence-corrected chi connectivity index (χ4v) is 7.57. The number of hydrogen-bond donors (Lipinski definition) is 3. The van der Waals surface area contributed by atoms with Crippen LogP contribution in [0.5, 0.6) is 0 Å². The van der Waals surface area contributed by atoms with Crippen LogP contribution in [0.4, 0.5) is 0 Å². The Morgan fingerprint density at radius 1 is 0.474 bits per heavy atom. The van der Waals surface area contributed by atoms with Crippen molar-refractivity contribution in [2.75, 3.05) is 13.2 Å². The van der Waals surface area contributed by atoms with Crippen molar-refractivity contribution in [3.63, 3.8) is 0 Å². The van der Waals surface area contributed by atoms with E-state index in [0.29, 0.717) is 19.4 Å². The first-order chi connectivity index (χ1) is 28.0. The molecule has 0 aromatic rings. The molecule has 0 radical (unpaired) electrons. The smallest absolute Gasteiger partial charge is 0.305 e. The van der Waals surface area contributed by atoms with E-state index in [1.54, 1.807) is 6.08 Å². The molecular formula is C51H97NO5. The molecule has 6 heteroatoms. The van der Waals surface area contributed by atoms with Crippen molar-refractivity contribution in [3.05, 3.63) is 24.3 Å². The van der Waals surface area contributed by atoms with Crippen molar-refractivity contribution in [3.8, 4) is 0 Å². The molecule has 0 rings (SSSR count). The summed E-state index contributed by atoms with van der Waals surface area (Å²) < 4.78 is 5.45. The summed E-state index contributed by atoms with van der Waals surface area (Å²) >= 11 is 0. The van der Waals surface area contributed by atoms with E-state index < -0.39 is 12.1 Å². The van der Waals surface area contributed by atoms with E-state index in [-0.39, 0.29) is 18.5 Å². The third-order valence-corrected chi connectivity index (χ3v) is 11.5. The van der Waals surface area contributed by atoms with E-state index in [4.69, 9.17) is 4.74 Å². The lowest BCUT2D eigenvalue weighted by Gasteiger charge is -2.20. The minimum absolute atomic E-state index is 0.0291. The number of ether oxygens (including phenoxy) is 1. The number of carbonyl (C=O) groups excluding carboxylic acids is 2. The highest BCUT2D eigenvalue weighted by molar-refractivity contribution is 5.76. The zero-order valence-corrected chi connectivity index (χ0v) is 38.1. The van der Waals surface area contributed by atoms with Crippen molar-refractivity contribution in [1.29, 1.82) is 0 Å². The molecule has 0 bridgehead atoms. The number of unbranched alkanes of at least 4 members (excludes halogenated alkanes) is 33. The number of hydrogen-bond acceptors (Lipinski definition) is 5. The number of aliphatic hydroxyl groups excluding tert-OH is 2. The van der Waals surface area contributed by atoms with Crippen LogP contribution < -0.4 is 5.32 Å². The van der Waals surface area contributed by atoms with Crippen molar-refractivity contribution < 1.29 is 24.5 Å². The summed E-state index contributed by atoms with van der Waals surface area (Å²) in [5, 5.41) is 22.9. The van der Waals surface area contributed by atoms with Crippen molar-refractivity contribution >= 4 is 11.9 Å². The molecule has 336 valence electrons. The molecule has 6 nitrogen and oxygen atoms in total. The molecule has 0 aliphatic rings. The van der Waals surface area contributed by atoms with Gasteiger partial charge in [0.05, 0.1) is 25.4 Å². The van der Waals surface area contributed by atoms with E-state index in [1.165, 1.54) is 154 Å². The van der Waals surface area contributed by atoms with E-state index in [0.717, 1.165) is 83.5 Å². The zero-order chi connectivity index (χ0) is 41.5. The molecule has 0 saturated heterocycles. The molecule has 0 spiro atoms. The van der Waals surface area contributed by atoms with Crippen molar-refractivity contribution in [2.24, 2.45) is 0 Å². The quantitative estimate of drug-likeness (QED) is 0.0324. The lowest BCUT2D eigenvalue weighted by atomic mass is 10.0. The van der Waals surface area contributed by atoms with E-state index in [2.05, 4.69) is 31.3 Å². The topological polar surface area (TPSA) is 95.9 Å². The first kappa shape index (κ1) is 55.3. The molecule has 0 aromatic heterocycles. The summed E-state index contributed by atoms with van der Waals surface area (Å²) in [6, 6.07) is -0.646. The third-order valence-electron chi connectivity index (χ3n) is 11.5. The summed E-state index contributed by atoms with van der Waals surface area (Å²) in [4.78, 5) is 24.4. The van der Waals surface area contributed by atoms with E-state index in [9.17, 15) is 19.8 Å². The average Bonchev–Trinajstić information content (AvgIpc) is 3.21. The fraction of sp³-hybridized carbons (Fsp3) is 0.882. The van der Waals surface area contributed by atoms with Gasteiger partial charge in [0.15, 0.2) is 0 Å². The number of nitrogens with one attached hydrogen (secondary N) is 1. The summed E-state index contributed by atoms with van der Waals surface area (Å²) in [7, 11) is 0. The standard InChI is InChI=1S/C51H97NO5/c1-3-5-7-9-11-13-15-16-17-18-19-20-21-22-25-29-33-37-41-45-51(56)57-46-42-38-34-30-26-23-24-28-32-36-40-44-50(55)52-48(47-53)49(54)43-39-35-31-27-14-12-10-8-6-4-2/h26,30,39,43,48-49,53-54H,3-25,27-29,31-38,40-42,44-47H2,1-2H3,(H,52,55)/b30-26-,43-39+. The van der Waals surface area contributed by atoms with Crippen LogP contribution in [-0.2, 0) is 14.3 Å². The lowest BCUT2D eigenvalue weighted by molar-refractivity contribution is -0.143. The van der Waals surface area contributed by atoms with Gasteiger partial charge in [-0.25, -0.2) is 0 Å². The molecule has 2 unspecified atom stereocenters. The lowest BCUT2D eigenvalue weighted by Crippen LogP contribution is -2.45. The maximum Gasteiger partial charge on any atom is 0.305 e. The highest BCUT2D eigenvalue weighted by Crippen LogP contribution is 2.16. The molecule has 0 aliphatic heterocycles. The van der Waals surface area contributed by atoms with Gasteiger partial charge >= 0.3 is 5.97 Å². The second-order valence-corrected chi connectivity index (χ2v) is 17.1. The van der Waals surface area contributed by atoms with Gasteiger partial charge in [0, 0.05) is 12.8 Å². The summed E-state index contributed by atoms with van der Waals surface area (Å²) in [5.41, 5.74) is 0. The SMILES string of the molecule is CCCCCCCCCC/C=C/C(O)C(CO)NC(=O)CCCCCCC/C=C\CCCCOC(=O)CCCCCCCCCCCCCCCCCCCCC. The second-order valence-electron chi connectivity index (χ2n) is 17.1. The second kappa shape index (κ2) is 47.0. The maximum atomic E-state index is 12.4. The fourth-order valence-electron chi connectivity index (χ4n) is 7.57. The summed E-state index contributed by atoms with van der Waals surface area (Å²) in [5.74, 6) is -0.128. The van der Waals surface area contributed by atoms with Crippen LogP contribution in [-0.4, -0.2) is 47.4 Å². The monoisotopic (exact) mass is 804 g/mol. The predicted molar refractivity (Wildman–Crippen MR) is 246 cm³/mol. The summed E-state index contributed by atoms with van der Waals surface area (Å²) in [6.45, 7) is 4.81. The molecule has 0 aliphatic carbocycles. The molecule has 3 N–H and O–H groups in total. The Balaban J connectivity index is 3.48. The van der Waals surface area contributed by atoms with Gasteiger partial charge < -0.3 is 20.3 Å². The van der Waals surface area contributed by atoms with Crippen LogP contribution in [0.1, 0.15) is 264 Å². The Bertz CT molecular complexity index is 889. The molecule has 57 heavy (non-hydrogen) atoms. The first-order valence-corrected chi connectivity index (χ1v) is 25.1. The zero-order valence-electron chi connectivity index (χ0n) is 38.1. The van der Waals surface area contributed by atoms with Crippen molar-refractivity contribution in [2.45, 2.75) is 276 Å². The molecule has 0 aromatic carbocycles. The number of amides is 1. The van der Waals surface area contributed by atoms with Crippen LogP contribution in [0.2, 0.25) is 0 Å². The highest BCUT2D eigenvalue weighted by atomic mass is 16.5.